The summed E-state index contributed by atoms with van der Waals surface area (Å²) in [5.41, 5.74) is 5.09. The fraction of sp³-hybridized carbons (Fsp3) is 0.0952. The summed E-state index contributed by atoms with van der Waals surface area (Å²) in [6, 6.07) is 19.5. The Labute approximate surface area is 164 Å². The van der Waals surface area contributed by atoms with Gasteiger partial charge < -0.3 is 4.74 Å². The number of benzene rings is 1. The van der Waals surface area contributed by atoms with Crippen LogP contribution in [0.25, 0.3) is 16.8 Å². The van der Waals surface area contributed by atoms with E-state index in [1.54, 1.807) is 6.07 Å². The molecule has 0 aliphatic heterocycles. The predicted octanol–water partition coefficient (Wildman–Crippen LogP) is 4.54. The van der Waals surface area contributed by atoms with Crippen molar-refractivity contribution in [1.82, 2.24) is 14.6 Å². The van der Waals surface area contributed by atoms with Crippen molar-refractivity contribution in [3.63, 3.8) is 0 Å². The molecule has 134 valence electrons. The van der Waals surface area contributed by atoms with E-state index < -0.39 is 5.97 Å². The first-order valence-electron chi connectivity index (χ1n) is 8.42. The van der Waals surface area contributed by atoms with Gasteiger partial charge in [0.15, 0.2) is 0 Å². The minimum absolute atomic E-state index is 0.301. The van der Waals surface area contributed by atoms with Crippen LogP contribution in [-0.2, 0) is 11.2 Å². The summed E-state index contributed by atoms with van der Waals surface area (Å²) in [5.74, 6) is -0.441. The minimum atomic E-state index is -0.441. The molecule has 4 aromatic rings. The van der Waals surface area contributed by atoms with Gasteiger partial charge in [-0.15, -0.1) is 0 Å². The number of hydrogen-bond donors (Lipinski definition) is 0. The fourth-order valence-electron chi connectivity index (χ4n) is 3.05. The highest BCUT2D eigenvalue weighted by molar-refractivity contribution is 9.10. The second-order valence-corrected chi connectivity index (χ2v) is 6.97. The van der Waals surface area contributed by atoms with Crippen LogP contribution in [0.2, 0.25) is 0 Å². The molecule has 3 heterocycles. The molecule has 0 radical (unpaired) electrons. The lowest BCUT2D eigenvalue weighted by Gasteiger charge is -2.05. The van der Waals surface area contributed by atoms with Gasteiger partial charge in [-0.1, -0.05) is 36.4 Å². The summed E-state index contributed by atoms with van der Waals surface area (Å²) in [5, 5.41) is 4.78. The Balaban J connectivity index is 1.84. The SMILES string of the molecule is COC(=O)c1cccc(Cc2c(-c3ccccc3)nn3cc(Br)ccc23)n1. The van der Waals surface area contributed by atoms with E-state index in [1.165, 1.54) is 7.11 Å². The molecule has 6 heteroatoms. The molecule has 0 aliphatic carbocycles. The third-order valence-electron chi connectivity index (χ3n) is 4.30. The van der Waals surface area contributed by atoms with Crippen molar-refractivity contribution in [3.8, 4) is 11.3 Å². The number of aromatic nitrogens is 3. The van der Waals surface area contributed by atoms with Crippen LogP contribution in [0.15, 0.2) is 71.3 Å². The third-order valence-corrected chi connectivity index (χ3v) is 4.77. The maximum absolute atomic E-state index is 11.8. The summed E-state index contributed by atoms with van der Waals surface area (Å²) in [6.45, 7) is 0. The van der Waals surface area contributed by atoms with Gasteiger partial charge in [0, 0.05) is 33.9 Å². The third kappa shape index (κ3) is 3.48. The quantitative estimate of drug-likeness (QED) is 0.454. The van der Waals surface area contributed by atoms with Gasteiger partial charge in [0.1, 0.15) is 5.69 Å². The zero-order valence-corrected chi connectivity index (χ0v) is 16.2. The molecular weight excluding hydrogens is 406 g/mol. The van der Waals surface area contributed by atoms with Gasteiger partial charge in [-0.2, -0.15) is 5.10 Å². The average Bonchev–Trinajstić information content (AvgIpc) is 3.05. The lowest BCUT2D eigenvalue weighted by atomic mass is 10.0. The molecule has 3 aromatic heterocycles. The van der Waals surface area contributed by atoms with E-state index in [2.05, 4.69) is 20.9 Å². The van der Waals surface area contributed by atoms with E-state index in [-0.39, 0.29) is 0 Å². The second-order valence-electron chi connectivity index (χ2n) is 6.05. The number of pyridine rings is 2. The van der Waals surface area contributed by atoms with Crippen LogP contribution in [-0.4, -0.2) is 27.7 Å². The molecule has 5 nitrogen and oxygen atoms in total. The van der Waals surface area contributed by atoms with Crippen LogP contribution in [0.1, 0.15) is 21.7 Å². The van der Waals surface area contributed by atoms with E-state index in [0.717, 1.165) is 32.5 Å². The number of halogens is 1. The molecule has 1 aromatic carbocycles. The van der Waals surface area contributed by atoms with Crippen LogP contribution in [0, 0.1) is 0 Å². The number of carbonyl (C=O) groups is 1. The number of esters is 1. The predicted molar refractivity (Wildman–Crippen MR) is 107 cm³/mol. The normalized spacial score (nSPS) is 10.9. The highest BCUT2D eigenvalue weighted by atomic mass is 79.9. The van der Waals surface area contributed by atoms with E-state index in [0.29, 0.717) is 12.1 Å². The molecule has 0 unspecified atom stereocenters. The molecule has 4 rings (SSSR count). The number of ether oxygens (including phenoxy) is 1. The van der Waals surface area contributed by atoms with Gasteiger partial charge in [-0.25, -0.2) is 14.3 Å². The van der Waals surface area contributed by atoms with E-state index in [1.807, 2.05) is 65.3 Å². The maximum Gasteiger partial charge on any atom is 0.356 e. The monoisotopic (exact) mass is 421 g/mol. The topological polar surface area (TPSA) is 56.5 Å². The van der Waals surface area contributed by atoms with Gasteiger partial charge in [-0.05, 0) is 40.2 Å². The largest absolute Gasteiger partial charge is 0.464 e. The molecule has 0 amide bonds. The van der Waals surface area contributed by atoms with Gasteiger partial charge in [0.25, 0.3) is 0 Å². The fourth-order valence-corrected chi connectivity index (χ4v) is 3.38. The van der Waals surface area contributed by atoms with Crippen LogP contribution in [0.3, 0.4) is 0 Å². The van der Waals surface area contributed by atoms with Crippen molar-refractivity contribution in [2.45, 2.75) is 6.42 Å². The second kappa shape index (κ2) is 7.32. The van der Waals surface area contributed by atoms with Crippen molar-refractivity contribution in [2.75, 3.05) is 7.11 Å². The maximum atomic E-state index is 11.8. The average molecular weight is 422 g/mol. The molecule has 0 aliphatic rings. The number of rotatable bonds is 4. The first kappa shape index (κ1) is 17.4. The molecular formula is C21H16BrN3O2. The van der Waals surface area contributed by atoms with Crippen molar-refractivity contribution in [1.29, 1.82) is 0 Å². The number of hydrogen-bond acceptors (Lipinski definition) is 4. The Kier molecular flexibility index (Phi) is 4.73. The van der Waals surface area contributed by atoms with Gasteiger partial charge in [0.2, 0.25) is 0 Å². The molecule has 0 atom stereocenters. The number of fused-ring (bicyclic) bond motifs is 1. The molecule has 27 heavy (non-hydrogen) atoms. The van der Waals surface area contributed by atoms with Gasteiger partial charge in [0.05, 0.1) is 18.3 Å². The van der Waals surface area contributed by atoms with Crippen LogP contribution < -0.4 is 0 Å². The Morgan fingerprint density at radius 1 is 1.07 bits per heavy atom. The van der Waals surface area contributed by atoms with E-state index in [9.17, 15) is 4.79 Å². The molecule has 0 N–H and O–H groups in total. The van der Waals surface area contributed by atoms with Crippen LogP contribution in [0.4, 0.5) is 0 Å². The number of methoxy groups -OCH3 is 1. The van der Waals surface area contributed by atoms with Gasteiger partial charge in [-0.3, -0.25) is 0 Å². The van der Waals surface area contributed by atoms with Crippen molar-refractivity contribution in [3.05, 3.63) is 88.3 Å². The van der Waals surface area contributed by atoms with E-state index >= 15 is 0 Å². The van der Waals surface area contributed by atoms with Crippen molar-refractivity contribution < 1.29 is 9.53 Å². The molecule has 0 bridgehead atoms. The Hall–Kier alpha value is -2.99. The highest BCUT2D eigenvalue weighted by Crippen LogP contribution is 2.29. The summed E-state index contributed by atoms with van der Waals surface area (Å²) < 4.78 is 7.60. The molecule has 0 saturated heterocycles. The van der Waals surface area contributed by atoms with E-state index in [4.69, 9.17) is 9.84 Å². The standard InChI is InChI=1S/C21H16BrN3O2/c1-27-21(26)18-9-5-8-16(23-18)12-17-19-11-10-15(22)13-25(19)24-20(17)14-6-3-2-4-7-14/h2-11,13H,12H2,1H3. The van der Waals surface area contributed by atoms with Crippen molar-refractivity contribution >= 4 is 27.4 Å². The summed E-state index contributed by atoms with van der Waals surface area (Å²) in [7, 11) is 1.35. The summed E-state index contributed by atoms with van der Waals surface area (Å²) in [6.07, 6.45) is 2.49. The first-order chi connectivity index (χ1) is 13.2. The molecule has 0 fully saturated rings. The molecule has 0 spiro atoms. The summed E-state index contributed by atoms with van der Waals surface area (Å²) in [4.78, 5) is 16.3. The zero-order chi connectivity index (χ0) is 18.8. The molecule has 0 saturated carbocycles. The lowest BCUT2D eigenvalue weighted by Crippen LogP contribution is -2.06. The zero-order valence-electron chi connectivity index (χ0n) is 14.6. The van der Waals surface area contributed by atoms with Crippen LogP contribution >= 0.6 is 15.9 Å². The smallest absolute Gasteiger partial charge is 0.356 e. The number of carbonyl (C=O) groups excluding carboxylic acids is 1. The number of nitrogens with zero attached hydrogens (tertiary/aromatic N) is 3. The Morgan fingerprint density at radius 2 is 1.89 bits per heavy atom. The van der Waals surface area contributed by atoms with Gasteiger partial charge >= 0.3 is 5.97 Å². The first-order valence-corrected chi connectivity index (χ1v) is 9.21. The Morgan fingerprint density at radius 3 is 2.67 bits per heavy atom. The minimum Gasteiger partial charge on any atom is -0.464 e. The highest BCUT2D eigenvalue weighted by Gasteiger charge is 2.16. The lowest BCUT2D eigenvalue weighted by molar-refractivity contribution is 0.0593. The summed E-state index contributed by atoms with van der Waals surface area (Å²) >= 11 is 3.50. The Bertz CT molecular complexity index is 1120. The van der Waals surface area contributed by atoms with Crippen molar-refractivity contribution in [2.24, 2.45) is 0 Å². The van der Waals surface area contributed by atoms with Crippen LogP contribution in [0.5, 0.6) is 0 Å².